The number of halogens is 4. The van der Waals surface area contributed by atoms with Gasteiger partial charge in [0.2, 0.25) is 0 Å². The highest BCUT2D eigenvalue weighted by atomic mass is 19.5. The summed E-state index contributed by atoms with van der Waals surface area (Å²) in [5.74, 6) is 0. The minimum Gasteiger partial charge on any atom is -0.418 e. The lowest BCUT2D eigenvalue weighted by molar-refractivity contribution is 0.227. The second-order valence-electron chi connectivity index (χ2n) is 4.70. The Bertz CT molecular complexity index is 258. The van der Waals surface area contributed by atoms with Crippen molar-refractivity contribution < 1.29 is 22.4 Å². The summed E-state index contributed by atoms with van der Waals surface area (Å²) < 4.78 is 39.0. The van der Waals surface area contributed by atoms with Gasteiger partial charge in [0.1, 0.15) is 0 Å². The third-order valence-corrected chi connectivity index (χ3v) is 2.75. The van der Waals surface area contributed by atoms with Crippen LogP contribution in [0.3, 0.4) is 0 Å². The van der Waals surface area contributed by atoms with Crippen LogP contribution in [0, 0.1) is 0 Å². The molecule has 1 aliphatic rings. The number of hydrogen-bond donors (Lipinski definition) is 1. The smallest absolute Gasteiger partial charge is 0.418 e. The second-order valence-corrected chi connectivity index (χ2v) is 4.70. The van der Waals surface area contributed by atoms with Crippen molar-refractivity contribution in [2.45, 2.75) is 39.0 Å². The van der Waals surface area contributed by atoms with Gasteiger partial charge in [-0.1, -0.05) is 26.2 Å². The van der Waals surface area contributed by atoms with Gasteiger partial charge in [0.05, 0.1) is 6.67 Å². The molecular weight excluding hydrogens is 275 g/mol. The topological polar surface area (TPSA) is 26.7 Å². The van der Waals surface area contributed by atoms with Gasteiger partial charge in [0.15, 0.2) is 0 Å². The fourth-order valence-corrected chi connectivity index (χ4v) is 1.82. The Hall–Kier alpha value is -0.915. The number of nitrogens with zero attached hydrogens (tertiary/aromatic N) is 2. The van der Waals surface area contributed by atoms with Crippen LogP contribution >= 0.6 is 0 Å². The summed E-state index contributed by atoms with van der Waals surface area (Å²) in [6, 6.07) is 0. The maximum atomic E-state index is 9.75. The van der Waals surface area contributed by atoms with Crippen LogP contribution < -0.4 is 0 Å². The molecule has 0 spiro atoms. The molecule has 0 unspecified atom stereocenters. The summed E-state index contributed by atoms with van der Waals surface area (Å²) in [6.45, 7) is 5.68. The molecule has 0 aromatic heterocycles. The highest BCUT2D eigenvalue weighted by Crippen LogP contribution is 2.09. The standard InChI is InChI=1S/C12H24N2O.BF4/c1-2-3-4-5-7-13-9-10-14(12-13)8-6-11-15;2-1(3,4)5/h9-10,15H,2-8,11-12H2,1H3;/q;-1. The summed E-state index contributed by atoms with van der Waals surface area (Å²) in [5.41, 5.74) is 0. The maximum absolute atomic E-state index is 9.75. The van der Waals surface area contributed by atoms with Crippen LogP contribution in [0.15, 0.2) is 12.4 Å². The minimum absolute atomic E-state index is 0.292. The zero-order valence-electron chi connectivity index (χ0n) is 11.9. The van der Waals surface area contributed by atoms with Crippen LogP contribution in [0.4, 0.5) is 17.3 Å². The first-order chi connectivity index (χ1) is 9.36. The predicted octanol–water partition coefficient (Wildman–Crippen LogP) is 3.30. The van der Waals surface area contributed by atoms with E-state index in [1.165, 1.54) is 32.2 Å². The van der Waals surface area contributed by atoms with E-state index in [-0.39, 0.29) is 0 Å². The number of hydrogen-bond acceptors (Lipinski definition) is 3. The van der Waals surface area contributed by atoms with E-state index in [1.807, 2.05) is 0 Å². The van der Waals surface area contributed by atoms with Crippen molar-refractivity contribution in [2.24, 2.45) is 0 Å². The van der Waals surface area contributed by atoms with Gasteiger partial charge in [0.25, 0.3) is 0 Å². The Morgan fingerprint density at radius 1 is 0.950 bits per heavy atom. The van der Waals surface area contributed by atoms with Crippen LogP contribution in [0.1, 0.15) is 39.0 Å². The van der Waals surface area contributed by atoms with Crippen molar-refractivity contribution in [3.05, 3.63) is 12.4 Å². The molecule has 3 nitrogen and oxygen atoms in total. The van der Waals surface area contributed by atoms with E-state index < -0.39 is 7.25 Å². The van der Waals surface area contributed by atoms with Crippen molar-refractivity contribution in [1.29, 1.82) is 0 Å². The van der Waals surface area contributed by atoms with Gasteiger partial charge in [-0.25, -0.2) is 0 Å². The average molecular weight is 299 g/mol. The molecule has 0 aromatic rings. The van der Waals surface area contributed by atoms with Gasteiger partial charge in [-0.2, -0.15) is 0 Å². The first-order valence-corrected chi connectivity index (χ1v) is 7.01. The lowest BCUT2D eigenvalue weighted by atomic mass is 10.2. The summed E-state index contributed by atoms with van der Waals surface area (Å²) in [4.78, 5) is 4.61. The normalized spacial score (nSPS) is 14.5. The highest BCUT2D eigenvalue weighted by Gasteiger charge is 2.20. The van der Waals surface area contributed by atoms with E-state index in [0.717, 1.165) is 19.6 Å². The van der Waals surface area contributed by atoms with Gasteiger partial charge in [-0.15, -0.1) is 0 Å². The fourth-order valence-electron chi connectivity index (χ4n) is 1.82. The van der Waals surface area contributed by atoms with Crippen molar-refractivity contribution >= 4 is 7.25 Å². The van der Waals surface area contributed by atoms with Crippen molar-refractivity contribution in [2.75, 3.05) is 26.4 Å². The Morgan fingerprint density at radius 3 is 1.90 bits per heavy atom. The molecule has 1 aliphatic heterocycles. The quantitative estimate of drug-likeness (QED) is 0.423. The zero-order chi connectivity index (χ0) is 15.4. The molecule has 0 aliphatic carbocycles. The van der Waals surface area contributed by atoms with Gasteiger partial charge < -0.3 is 32.2 Å². The number of unbranched alkanes of at least 4 members (excludes halogenated alkanes) is 3. The van der Waals surface area contributed by atoms with E-state index in [0.29, 0.717) is 6.61 Å². The first-order valence-electron chi connectivity index (χ1n) is 7.01. The summed E-state index contributed by atoms with van der Waals surface area (Å²) in [5, 5.41) is 8.73. The summed E-state index contributed by atoms with van der Waals surface area (Å²) >= 11 is 0. The van der Waals surface area contributed by atoms with Crippen molar-refractivity contribution in [3.63, 3.8) is 0 Å². The average Bonchev–Trinajstić information content (AvgIpc) is 2.78. The van der Waals surface area contributed by atoms with Gasteiger partial charge in [-0.3, -0.25) is 0 Å². The Kier molecular flexibility index (Phi) is 10.3. The van der Waals surface area contributed by atoms with Crippen molar-refractivity contribution in [3.8, 4) is 0 Å². The molecule has 120 valence electrons. The molecule has 8 heteroatoms. The Balaban J connectivity index is 0.000000621. The van der Waals surface area contributed by atoms with E-state index in [1.54, 1.807) is 0 Å². The largest absolute Gasteiger partial charge is 0.673 e. The molecule has 0 amide bonds. The molecule has 20 heavy (non-hydrogen) atoms. The zero-order valence-corrected chi connectivity index (χ0v) is 11.9. The van der Waals surface area contributed by atoms with Crippen LogP contribution in [0.5, 0.6) is 0 Å². The minimum atomic E-state index is -6.00. The Morgan fingerprint density at radius 2 is 1.45 bits per heavy atom. The summed E-state index contributed by atoms with van der Waals surface area (Å²) in [7, 11) is -6.00. The van der Waals surface area contributed by atoms with Crippen LogP contribution in [0.25, 0.3) is 0 Å². The second kappa shape index (κ2) is 10.8. The number of rotatable bonds is 8. The third kappa shape index (κ3) is 13.5. The molecule has 1 heterocycles. The molecule has 0 radical (unpaired) electrons. The van der Waals surface area contributed by atoms with E-state index in [4.69, 9.17) is 5.11 Å². The Labute approximate surface area is 118 Å². The molecule has 0 fully saturated rings. The first kappa shape index (κ1) is 19.1. The monoisotopic (exact) mass is 299 g/mol. The lowest BCUT2D eigenvalue weighted by Gasteiger charge is -2.20. The third-order valence-electron chi connectivity index (χ3n) is 2.75. The predicted molar refractivity (Wildman–Crippen MR) is 73.4 cm³/mol. The van der Waals surface area contributed by atoms with E-state index in [2.05, 4.69) is 29.1 Å². The molecular formula is C12H24BF4N2O-. The molecule has 0 atom stereocenters. The summed E-state index contributed by atoms with van der Waals surface area (Å²) in [6.07, 6.45) is 10.5. The maximum Gasteiger partial charge on any atom is 0.673 e. The molecule has 0 saturated carbocycles. The fraction of sp³-hybridized carbons (Fsp3) is 0.833. The van der Waals surface area contributed by atoms with Gasteiger partial charge in [0, 0.05) is 32.1 Å². The SMILES string of the molecule is CCCCCCN1C=CN(CCCO)C1.F[B-](F)(F)F. The number of aliphatic hydroxyl groups excluding tert-OH is 1. The molecule has 1 rings (SSSR count). The number of aliphatic hydroxyl groups is 1. The van der Waals surface area contributed by atoms with Crippen LogP contribution in [0.2, 0.25) is 0 Å². The highest BCUT2D eigenvalue weighted by molar-refractivity contribution is 6.50. The molecule has 1 N–H and O–H groups in total. The lowest BCUT2D eigenvalue weighted by Crippen LogP contribution is -2.27. The molecule has 0 aromatic carbocycles. The van der Waals surface area contributed by atoms with Gasteiger partial charge in [-0.05, 0) is 12.8 Å². The molecule has 0 bridgehead atoms. The van der Waals surface area contributed by atoms with Crippen LogP contribution in [-0.2, 0) is 0 Å². The molecule has 0 saturated heterocycles. The van der Waals surface area contributed by atoms with E-state index in [9.17, 15) is 17.3 Å². The van der Waals surface area contributed by atoms with E-state index >= 15 is 0 Å². The van der Waals surface area contributed by atoms with Crippen molar-refractivity contribution in [1.82, 2.24) is 9.80 Å². The van der Waals surface area contributed by atoms with Crippen LogP contribution in [-0.4, -0.2) is 48.5 Å². The van der Waals surface area contributed by atoms with Gasteiger partial charge >= 0.3 is 7.25 Å².